The molecule has 10 rings (SSSR count). The summed E-state index contributed by atoms with van der Waals surface area (Å²) in [6.45, 7) is 10.5. The van der Waals surface area contributed by atoms with Crippen molar-refractivity contribution >= 4 is 11.7 Å². The van der Waals surface area contributed by atoms with Gasteiger partial charge in [-0.05, 0) is 154 Å². The molecule has 6 saturated carbocycles. The monoisotopic (exact) mass is 824 g/mol. The first-order chi connectivity index (χ1) is 28.5. The SMILES string of the molecule is CC(C)(CCn1ccnc1)C1=C2CCCC3(CCCC3)[C@H]2C2=C3[C@H](CCC2)C[C@@H]([C@H]2CC[C@@]4(O)C5=CC(=O)[C@@H]6C[C@@H](O)[C@@H](O)C[C@]6(C)[C@H]5[C@H](CN=C(N)N)C[C@]24C)[C@H](O)[C@H]31. The number of guanidine groups is 1. The third-order valence-electron chi connectivity index (χ3n) is 19.7. The van der Waals surface area contributed by atoms with Crippen LogP contribution in [0, 0.1) is 69.0 Å². The van der Waals surface area contributed by atoms with Gasteiger partial charge in [0.15, 0.2) is 11.7 Å². The van der Waals surface area contributed by atoms with Crippen LogP contribution in [-0.4, -0.2) is 72.2 Å². The smallest absolute Gasteiger partial charge is 0.185 e. The largest absolute Gasteiger partial charge is 0.392 e. The Kier molecular flexibility index (Phi) is 9.87. The number of nitrogens with two attached hydrogens (primary N) is 2. The molecule has 0 bridgehead atoms. The summed E-state index contributed by atoms with van der Waals surface area (Å²) in [4.78, 5) is 23.2. The second kappa shape index (κ2) is 14.4. The molecule has 1 spiro atoms. The van der Waals surface area contributed by atoms with E-state index in [1.165, 1.54) is 51.4 Å². The number of aliphatic imine (C=N–C) groups is 1. The maximum Gasteiger partial charge on any atom is 0.185 e. The zero-order valence-electron chi connectivity index (χ0n) is 36.8. The number of aryl methyl sites for hydroxylation is 1. The summed E-state index contributed by atoms with van der Waals surface area (Å²) in [7, 11) is 0. The van der Waals surface area contributed by atoms with Crippen molar-refractivity contribution in [2.75, 3.05) is 6.54 Å². The fraction of sp³-hybridized carbons (Fsp3) is 0.780. The lowest BCUT2D eigenvalue weighted by Crippen LogP contribution is -2.64. The van der Waals surface area contributed by atoms with Crippen LogP contribution in [0.5, 0.6) is 0 Å². The van der Waals surface area contributed by atoms with E-state index in [0.29, 0.717) is 36.6 Å². The van der Waals surface area contributed by atoms with Gasteiger partial charge in [0.1, 0.15) is 0 Å². The van der Waals surface area contributed by atoms with E-state index in [1.807, 2.05) is 12.5 Å². The van der Waals surface area contributed by atoms with E-state index in [2.05, 4.69) is 48.4 Å². The highest BCUT2D eigenvalue weighted by Gasteiger charge is 2.71. The molecule has 9 aliphatic rings. The van der Waals surface area contributed by atoms with Gasteiger partial charge in [0.25, 0.3) is 0 Å². The number of hydrogen-bond donors (Lipinski definition) is 6. The lowest BCUT2D eigenvalue weighted by molar-refractivity contribution is -0.166. The van der Waals surface area contributed by atoms with Crippen LogP contribution in [0.4, 0.5) is 0 Å². The van der Waals surface area contributed by atoms with Crippen molar-refractivity contribution < 1.29 is 25.2 Å². The van der Waals surface area contributed by atoms with Crippen molar-refractivity contribution in [2.45, 2.75) is 167 Å². The van der Waals surface area contributed by atoms with E-state index in [1.54, 1.807) is 28.4 Å². The van der Waals surface area contributed by atoms with Crippen LogP contribution in [-0.2, 0) is 11.3 Å². The second-order valence-corrected chi connectivity index (χ2v) is 22.9. The summed E-state index contributed by atoms with van der Waals surface area (Å²) >= 11 is 0. The number of carbonyl (C=O) groups excluding carboxylic acids is 1. The van der Waals surface area contributed by atoms with E-state index in [-0.39, 0.29) is 59.6 Å². The maximum atomic E-state index is 14.2. The van der Waals surface area contributed by atoms with Gasteiger partial charge in [0.05, 0.1) is 30.2 Å². The lowest BCUT2D eigenvalue weighted by atomic mass is 9.42. The van der Waals surface area contributed by atoms with E-state index in [4.69, 9.17) is 11.5 Å². The number of hydrogen-bond acceptors (Lipinski definition) is 7. The Balaban J connectivity index is 1.07. The van der Waals surface area contributed by atoms with Gasteiger partial charge >= 0.3 is 0 Å². The average Bonchev–Trinajstić information content (AvgIpc) is 3.96. The minimum absolute atomic E-state index is 0.0130. The van der Waals surface area contributed by atoms with Gasteiger partial charge < -0.3 is 36.5 Å². The first-order valence-electron chi connectivity index (χ1n) is 24.0. The number of rotatable bonds is 7. The Morgan fingerprint density at radius 2 is 1.72 bits per heavy atom. The Morgan fingerprint density at radius 3 is 2.45 bits per heavy atom. The van der Waals surface area contributed by atoms with E-state index < -0.39 is 40.7 Å². The maximum absolute atomic E-state index is 14.2. The highest BCUT2D eigenvalue weighted by atomic mass is 16.3. The molecular weight excluding hydrogens is 751 g/mol. The Morgan fingerprint density at radius 1 is 0.967 bits per heavy atom. The van der Waals surface area contributed by atoms with Crippen molar-refractivity contribution in [1.82, 2.24) is 9.55 Å². The normalized spacial score (nSPS) is 44.4. The van der Waals surface area contributed by atoms with Gasteiger partial charge in [-0.1, -0.05) is 62.8 Å². The molecule has 0 amide bonds. The highest BCUT2D eigenvalue weighted by molar-refractivity contribution is 5.95. The van der Waals surface area contributed by atoms with Crippen molar-refractivity contribution in [2.24, 2.45) is 85.5 Å². The fourth-order valence-electron chi connectivity index (χ4n) is 17.4. The molecule has 14 atom stereocenters. The molecule has 9 aliphatic carbocycles. The Hall–Kier alpha value is -2.79. The molecule has 1 heterocycles. The number of aliphatic hydroxyl groups excluding tert-OH is 3. The van der Waals surface area contributed by atoms with Crippen LogP contribution in [0.15, 0.2) is 57.7 Å². The summed E-state index contributed by atoms with van der Waals surface area (Å²) in [6, 6.07) is 0. The molecule has 328 valence electrons. The van der Waals surface area contributed by atoms with Crippen molar-refractivity contribution in [3.8, 4) is 0 Å². The number of allylic oxidation sites excluding steroid dienone is 3. The highest BCUT2D eigenvalue weighted by Crippen LogP contribution is 2.72. The van der Waals surface area contributed by atoms with Gasteiger partial charge in [-0.25, -0.2) is 4.98 Å². The molecule has 1 aromatic heterocycles. The molecule has 0 aromatic carbocycles. The zero-order valence-corrected chi connectivity index (χ0v) is 36.8. The number of nitrogens with zero attached hydrogens (tertiary/aromatic N) is 3. The van der Waals surface area contributed by atoms with Crippen LogP contribution >= 0.6 is 0 Å². The fourth-order valence-corrected chi connectivity index (χ4v) is 17.4. The molecule has 8 N–H and O–H groups in total. The summed E-state index contributed by atoms with van der Waals surface area (Å²) in [5.41, 5.74) is 17.0. The topological polar surface area (TPSA) is 180 Å². The van der Waals surface area contributed by atoms with Gasteiger partial charge in [0.2, 0.25) is 0 Å². The van der Waals surface area contributed by atoms with E-state index >= 15 is 0 Å². The van der Waals surface area contributed by atoms with Gasteiger partial charge in [-0.2, -0.15) is 0 Å². The quantitative estimate of drug-likeness (QED) is 0.0991. The molecule has 0 aliphatic heterocycles. The van der Waals surface area contributed by atoms with Crippen LogP contribution in [0.2, 0.25) is 0 Å². The van der Waals surface area contributed by atoms with Gasteiger partial charge in [-0.3, -0.25) is 9.79 Å². The first-order valence-corrected chi connectivity index (χ1v) is 24.0. The van der Waals surface area contributed by atoms with Gasteiger partial charge in [-0.15, -0.1) is 0 Å². The third kappa shape index (κ3) is 5.87. The standard InChI is InChI=1S/C50H73N5O5/c1-46(2,17-19-55-20-18-53-27-55)43-31-11-8-15-49(13-5-6-14-49)42(31)30-10-7-9-28-21-32(44(59)40(43)39(28)30)33-12-16-50(60)35-23-36(56)34-22-37(57)38(58)25-47(34,3)41(35)29(24-48(33,50)4)26-54-45(51)52/h18,20,23,27-29,32-34,37-38,40-42,44,57-60H,5-17,19,21-22,24-26H2,1-4H3,(H4,51,52,54)/t28-,29+,32+,33-,34+,37-,38+,40-,41+,42+,44+,47+,48-,50-/m1/s1. The summed E-state index contributed by atoms with van der Waals surface area (Å²) < 4.78 is 2.21. The number of aromatic nitrogens is 2. The predicted molar refractivity (Wildman–Crippen MR) is 232 cm³/mol. The third-order valence-corrected chi connectivity index (χ3v) is 19.7. The minimum atomic E-state index is -1.25. The molecule has 60 heavy (non-hydrogen) atoms. The van der Waals surface area contributed by atoms with Crippen LogP contribution in [0.3, 0.4) is 0 Å². The van der Waals surface area contributed by atoms with Crippen LogP contribution < -0.4 is 11.5 Å². The first kappa shape index (κ1) is 41.2. The Bertz CT molecular complexity index is 2010. The molecule has 1 aromatic rings. The van der Waals surface area contributed by atoms with E-state index in [0.717, 1.165) is 44.2 Å². The van der Waals surface area contributed by atoms with Crippen LogP contribution in [0.1, 0.15) is 137 Å². The van der Waals surface area contributed by atoms with E-state index in [9.17, 15) is 25.2 Å². The summed E-state index contributed by atoms with van der Waals surface area (Å²) in [5.74, 6) is 0.125. The van der Waals surface area contributed by atoms with Gasteiger partial charge in [0, 0.05) is 48.7 Å². The average molecular weight is 824 g/mol. The molecule has 0 unspecified atom stereocenters. The summed E-state index contributed by atoms with van der Waals surface area (Å²) in [5, 5.41) is 48.9. The number of imidazole rings is 1. The minimum Gasteiger partial charge on any atom is -0.392 e. The molecule has 0 saturated heterocycles. The van der Waals surface area contributed by atoms with Crippen molar-refractivity contribution in [1.29, 1.82) is 0 Å². The number of aliphatic hydroxyl groups is 4. The molecule has 10 heteroatoms. The van der Waals surface area contributed by atoms with Crippen molar-refractivity contribution in [3.63, 3.8) is 0 Å². The second-order valence-electron chi connectivity index (χ2n) is 22.9. The number of carbonyl (C=O) groups is 1. The predicted octanol–water partition coefficient (Wildman–Crippen LogP) is 6.77. The molecular formula is C50H73N5O5. The van der Waals surface area contributed by atoms with Crippen LogP contribution in [0.25, 0.3) is 0 Å². The number of ketones is 1. The lowest BCUT2D eigenvalue weighted by Gasteiger charge is -2.63. The number of fused-ring (bicyclic) bond motifs is 8. The summed E-state index contributed by atoms with van der Waals surface area (Å²) in [6.07, 6.45) is 22.1. The molecule has 0 radical (unpaired) electrons. The van der Waals surface area contributed by atoms with Crippen molar-refractivity contribution in [3.05, 3.63) is 52.7 Å². The Labute approximate surface area is 357 Å². The molecule has 10 nitrogen and oxygen atoms in total. The molecule has 6 fully saturated rings. The zero-order chi connectivity index (χ0) is 42.1.